The molecule has 0 amide bonds. The maximum absolute atomic E-state index is 5.66. The van der Waals surface area contributed by atoms with Gasteiger partial charge in [-0.1, -0.05) is 35.3 Å². The summed E-state index contributed by atoms with van der Waals surface area (Å²) in [5.74, 6) is 1.76. The number of halogens is 2. The lowest BCUT2D eigenvalue weighted by atomic mass is 9.81. The molecule has 1 unspecified atom stereocenters. The molecule has 1 aromatic carbocycles. The SMILES string of the molecule is CCCOc1ccc(C(Br)C2CCC2)cc1Br. The standard InChI is InChI=1S/C14H18Br2O/c1-2-8-17-13-7-6-11(9-12(13)15)14(16)10-4-3-5-10/h6-7,9-10,14H,2-5,8H2,1H3. The van der Waals surface area contributed by atoms with Crippen LogP contribution in [0.2, 0.25) is 0 Å². The Kier molecular flexibility index (Phi) is 4.92. The molecule has 17 heavy (non-hydrogen) atoms. The number of benzene rings is 1. The lowest BCUT2D eigenvalue weighted by Gasteiger charge is -2.30. The van der Waals surface area contributed by atoms with Gasteiger partial charge in [-0.25, -0.2) is 0 Å². The summed E-state index contributed by atoms with van der Waals surface area (Å²) in [6.45, 7) is 2.89. The van der Waals surface area contributed by atoms with Crippen molar-refractivity contribution in [1.82, 2.24) is 0 Å². The maximum Gasteiger partial charge on any atom is 0.133 e. The van der Waals surface area contributed by atoms with E-state index in [-0.39, 0.29) is 0 Å². The van der Waals surface area contributed by atoms with Crippen LogP contribution >= 0.6 is 31.9 Å². The van der Waals surface area contributed by atoms with Crippen molar-refractivity contribution in [2.75, 3.05) is 6.61 Å². The first-order valence-corrected chi connectivity index (χ1v) is 7.99. The molecular formula is C14H18Br2O. The molecule has 0 spiro atoms. The van der Waals surface area contributed by atoms with Gasteiger partial charge < -0.3 is 4.74 Å². The predicted octanol–water partition coefficient (Wildman–Crippen LogP) is 5.47. The molecule has 1 aliphatic carbocycles. The highest BCUT2D eigenvalue weighted by Crippen LogP contribution is 2.44. The second-order valence-electron chi connectivity index (χ2n) is 4.63. The lowest BCUT2D eigenvalue weighted by molar-refractivity contribution is 0.309. The lowest BCUT2D eigenvalue weighted by Crippen LogP contribution is -2.16. The summed E-state index contributed by atoms with van der Waals surface area (Å²) in [6, 6.07) is 6.43. The number of hydrogen-bond donors (Lipinski definition) is 0. The molecule has 0 radical (unpaired) electrons. The summed E-state index contributed by atoms with van der Waals surface area (Å²) in [6.07, 6.45) is 5.12. The van der Waals surface area contributed by atoms with Crippen LogP contribution in [0.3, 0.4) is 0 Å². The van der Waals surface area contributed by atoms with Crippen molar-refractivity contribution in [3.05, 3.63) is 28.2 Å². The monoisotopic (exact) mass is 360 g/mol. The summed E-state index contributed by atoms with van der Waals surface area (Å²) in [5, 5.41) is 0. The van der Waals surface area contributed by atoms with Crippen LogP contribution < -0.4 is 4.74 Å². The maximum atomic E-state index is 5.66. The molecule has 0 heterocycles. The second kappa shape index (κ2) is 6.24. The van der Waals surface area contributed by atoms with Gasteiger partial charge in [0.2, 0.25) is 0 Å². The zero-order valence-corrected chi connectivity index (χ0v) is 13.3. The number of ether oxygens (including phenoxy) is 1. The van der Waals surface area contributed by atoms with E-state index in [0.29, 0.717) is 4.83 Å². The van der Waals surface area contributed by atoms with Crippen molar-refractivity contribution in [2.45, 2.75) is 37.4 Å². The third kappa shape index (κ3) is 3.25. The van der Waals surface area contributed by atoms with Gasteiger partial charge in [-0.15, -0.1) is 0 Å². The van der Waals surface area contributed by atoms with E-state index in [2.05, 4.69) is 57.0 Å². The Morgan fingerprint density at radius 2 is 2.18 bits per heavy atom. The largest absolute Gasteiger partial charge is 0.492 e. The van der Waals surface area contributed by atoms with Gasteiger partial charge in [-0.05, 0) is 58.8 Å². The molecule has 2 rings (SSSR count). The Morgan fingerprint density at radius 1 is 1.41 bits per heavy atom. The van der Waals surface area contributed by atoms with Crippen molar-refractivity contribution in [1.29, 1.82) is 0 Å². The summed E-state index contributed by atoms with van der Waals surface area (Å²) in [7, 11) is 0. The fourth-order valence-corrected chi connectivity index (χ4v) is 3.35. The molecule has 0 aliphatic heterocycles. The Bertz CT molecular complexity index is 374. The Hall–Kier alpha value is -0.0200. The molecule has 3 heteroatoms. The van der Waals surface area contributed by atoms with Crippen LogP contribution in [0.5, 0.6) is 5.75 Å². The Morgan fingerprint density at radius 3 is 2.71 bits per heavy atom. The topological polar surface area (TPSA) is 9.23 Å². The Labute approximate surface area is 120 Å². The average molecular weight is 362 g/mol. The third-order valence-electron chi connectivity index (χ3n) is 3.30. The van der Waals surface area contributed by atoms with Crippen molar-refractivity contribution in [3.8, 4) is 5.75 Å². The van der Waals surface area contributed by atoms with E-state index >= 15 is 0 Å². The van der Waals surface area contributed by atoms with Gasteiger partial charge in [0, 0.05) is 4.83 Å². The normalized spacial score (nSPS) is 17.6. The molecule has 1 aliphatic rings. The highest BCUT2D eigenvalue weighted by Gasteiger charge is 2.26. The van der Waals surface area contributed by atoms with Gasteiger partial charge in [0.25, 0.3) is 0 Å². The molecular weight excluding hydrogens is 344 g/mol. The molecule has 94 valence electrons. The summed E-state index contributed by atoms with van der Waals surface area (Å²) >= 11 is 7.40. The first-order chi connectivity index (χ1) is 8.22. The van der Waals surface area contributed by atoms with E-state index in [1.807, 2.05) is 0 Å². The Balaban J connectivity index is 2.06. The molecule has 0 saturated heterocycles. The van der Waals surface area contributed by atoms with Crippen LogP contribution in [0.15, 0.2) is 22.7 Å². The summed E-state index contributed by atoms with van der Waals surface area (Å²) in [5.41, 5.74) is 1.35. The highest BCUT2D eigenvalue weighted by atomic mass is 79.9. The van der Waals surface area contributed by atoms with Crippen LogP contribution in [0.25, 0.3) is 0 Å². The van der Waals surface area contributed by atoms with Crippen molar-refractivity contribution in [2.24, 2.45) is 5.92 Å². The fourth-order valence-electron chi connectivity index (χ4n) is 2.02. The number of rotatable bonds is 5. The van der Waals surface area contributed by atoms with Gasteiger partial charge in [0.15, 0.2) is 0 Å². The first kappa shape index (κ1) is 13.4. The van der Waals surface area contributed by atoms with E-state index in [0.717, 1.165) is 29.2 Å². The minimum absolute atomic E-state index is 0.493. The highest BCUT2D eigenvalue weighted by molar-refractivity contribution is 9.10. The number of hydrogen-bond acceptors (Lipinski definition) is 1. The molecule has 1 aromatic rings. The fraction of sp³-hybridized carbons (Fsp3) is 0.571. The molecule has 1 atom stereocenters. The first-order valence-electron chi connectivity index (χ1n) is 6.28. The smallest absolute Gasteiger partial charge is 0.133 e. The van der Waals surface area contributed by atoms with Crippen molar-refractivity contribution in [3.63, 3.8) is 0 Å². The van der Waals surface area contributed by atoms with E-state index in [1.165, 1.54) is 24.8 Å². The van der Waals surface area contributed by atoms with Gasteiger partial charge >= 0.3 is 0 Å². The van der Waals surface area contributed by atoms with Crippen LogP contribution in [0, 0.1) is 5.92 Å². The van der Waals surface area contributed by atoms with Gasteiger partial charge in [0.05, 0.1) is 11.1 Å². The average Bonchev–Trinajstić information content (AvgIpc) is 2.25. The van der Waals surface area contributed by atoms with E-state index in [9.17, 15) is 0 Å². The van der Waals surface area contributed by atoms with Gasteiger partial charge in [0.1, 0.15) is 5.75 Å². The van der Waals surface area contributed by atoms with Crippen molar-refractivity contribution < 1.29 is 4.74 Å². The van der Waals surface area contributed by atoms with E-state index < -0.39 is 0 Å². The van der Waals surface area contributed by atoms with Crippen LogP contribution in [-0.2, 0) is 0 Å². The van der Waals surface area contributed by atoms with Gasteiger partial charge in [-0.3, -0.25) is 0 Å². The molecule has 1 fully saturated rings. The summed E-state index contributed by atoms with van der Waals surface area (Å²) in [4.78, 5) is 0.493. The van der Waals surface area contributed by atoms with Crippen LogP contribution in [0.4, 0.5) is 0 Å². The van der Waals surface area contributed by atoms with Gasteiger partial charge in [-0.2, -0.15) is 0 Å². The minimum Gasteiger partial charge on any atom is -0.492 e. The molecule has 0 bridgehead atoms. The minimum atomic E-state index is 0.493. The van der Waals surface area contributed by atoms with Crippen molar-refractivity contribution >= 4 is 31.9 Å². The third-order valence-corrected chi connectivity index (χ3v) is 5.20. The summed E-state index contributed by atoms with van der Waals surface area (Å²) < 4.78 is 6.72. The predicted molar refractivity (Wildman–Crippen MR) is 78.9 cm³/mol. The van der Waals surface area contributed by atoms with E-state index in [1.54, 1.807) is 0 Å². The zero-order valence-electron chi connectivity index (χ0n) is 10.1. The quantitative estimate of drug-likeness (QED) is 0.631. The molecule has 0 aromatic heterocycles. The van der Waals surface area contributed by atoms with Crippen LogP contribution in [-0.4, -0.2) is 6.61 Å². The molecule has 1 nitrogen and oxygen atoms in total. The number of alkyl halides is 1. The zero-order chi connectivity index (χ0) is 12.3. The van der Waals surface area contributed by atoms with E-state index in [4.69, 9.17) is 4.74 Å². The second-order valence-corrected chi connectivity index (χ2v) is 6.47. The molecule has 1 saturated carbocycles. The molecule has 0 N–H and O–H groups in total. The van der Waals surface area contributed by atoms with Crippen LogP contribution in [0.1, 0.15) is 43.0 Å².